The van der Waals surface area contributed by atoms with Crippen LogP contribution in [0.3, 0.4) is 0 Å². The van der Waals surface area contributed by atoms with Crippen LogP contribution >= 0.6 is 12.2 Å². The lowest BCUT2D eigenvalue weighted by molar-refractivity contribution is 1.48. The molecule has 0 fully saturated rings. The smallest absolute Gasteiger partial charge is 0.175 e. The summed E-state index contributed by atoms with van der Waals surface area (Å²) >= 11 is 5.37. The van der Waals surface area contributed by atoms with Crippen molar-refractivity contribution in [3.05, 3.63) is 59.7 Å². The first-order chi connectivity index (χ1) is 11.4. The maximum atomic E-state index is 8.82. The van der Waals surface area contributed by atoms with Crippen LogP contribution in [0.5, 0.6) is 0 Å². The predicted molar refractivity (Wildman–Crippen MR) is 108 cm³/mol. The van der Waals surface area contributed by atoms with Gasteiger partial charge in [0.05, 0.1) is 17.3 Å². The maximum absolute atomic E-state index is 8.82. The van der Waals surface area contributed by atoms with Gasteiger partial charge in [0.25, 0.3) is 0 Å². The lowest BCUT2D eigenvalue weighted by Gasteiger charge is -2.12. The molecule has 0 bridgehead atoms. The first-order valence-electron chi connectivity index (χ1n) is 7.58. The van der Waals surface area contributed by atoms with E-state index in [9.17, 15) is 0 Å². The molecule has 0 amide bonds. The molecule has 0 saturated heterocycles. The minimum absolute atomic E-state index is 0.488. The molecule has 0 aromatic heterocycles. The Balaban J connectivity index is 2.11. The Bertz CT molecular complexity index is 834. The van der Waals surface area contributed by atoms with Crippen LogP contribution < -0.4 is 10.6 Å². The Kier molecular flexibility index (Phi) is 5.76. The Labute approximate surface area is 149 Å². The number of nitriles is 1. The number of hydrogen-bond acceptors (Lipinski definition) is 2. The van der Waals surface area contributed by atoms with Crippen molar-refractivity contribution in [2.24, 2.45) is 0 Å². The summed E-state index contributed by atoms with van der Waals surface area (Å²) in [5, 5.41) is 15.6. The van der Waals surface area contributed by atoms with Gasteiger partial charge < -0.3 is 10.6 Å². The normalized spacial score (nSPS) is 10.1. The Morgan fingerprint density at radius 2 is 1.67 bits per heavy atom. The summed E-state index contributed by atoms with van der Waals surface area (Å²) in [6, 6.07) is 17.1. The van der Waals surface area contributed by atoms with E-state index in [1.807, 2.05) is 36.4 Å². The van der Waals surface area contributed by atoms with E-state index in [0.29, 0.717) is 10.7 Å². The lowest BCUT2D eigenvalue weighted by Crippen LogP contribution is -2.20. The van der Waals surface area contributed by atoms with Crippen molar-refractivity contribution in [1.29, 1.82) is 5.26 Å². The minimum Gasteiger partial charge on any atom is -0.332 e. The standard InChI is InChI=1S/C19H19N3SSi/c1-24(2,3)13-12-16-6-4-5-7-18(16)22-19(23)21-17-10-8-15(14-20)9-11-17/h4-11H,1-3H3,(H2,21,22,23). The first kappa shape index (κ1) is 17.7. The highest BCUT2D eigenvalue weighted by atomic mass is 32.1. The van der Waals surface area contributed by atoms with Crippen LogP contribution in [0.1, 0.15) is 11.1 Å². The van der Waals surface area contributed by atoms with E-state index in [2.05, 4.69) is 47.8 Å². The van der Waals surface area contributed by atoms with E-state index in [1.165, 1.54) is 0 Å². The highest BCUT2D eigenvalue weighted by Gasteiger charge is 2.08. The zero-order chi connectivity index (χ0) is 17.6. The summed E-state index contributed by atoms with van der Waals surface area (Å²) in [5.41, 5.74) is 6.63. The number of para-hydroxylation sites is 1. The van der Waals surface area contributed by atoms with Crippen LogP contribution in [0.2, 0.25) is 19.6 Å². The molecule has 0 aliphatic rings. The van der Waals surface area contributed by atoms with E-state index in [-0.39, 0.29) is 0 Å². The number of hydrogen-bond donors (Lipinski definition) is 2. The molecule has 5 heteroatoms. The largest absolute Gasteiger partial charge is 0.332 e. The molecule has 120 valence electrons. The third kappa shape index (κ3) is 5.55. The zero-order valence-corrected chi connectivity index (χ0v) is 15.8. The fourth-order valence-corrected chi connectivity index (χ4v) is 2.61. The molecule has 0 atom stereocenters. The van der Waals surface area contributed by atoms with Crippen LogP contribution in [-0.4, -0.2) is 13.2 Å². The van der Waals surface area contributed by atoms with Gasteiger partial charge in [0, 0.05) is 11.3 Å². The van der Waals surface area contributed by atoms with E-state index in [4.69, 9.17) is 17.5 Å². The highest BCUT2D eigenvalue weighted by Crippen LogP contribution is 2.15. The van der Waals surface area contributed by atoms with Crippen LogP contribution in [0, 0.1) is 22.8 Å². The number of nitrogens with zero attached hydrogens (tertiary/aromatic N) is 1. The van der Waals surface area contributed by atoms with Gasteiger partial charge in [-0.05, 0) is 48.6 Å². The fourth-order valence-electron chi connectivity index (χ4n) is 1.87. The SMILES string of the molecule is C[Si](C)(C)C#Cc1ccccc1NC(=S)Nc1ccc(C#N)cc1. The van der Waals surface area contributed by atoms with Gasteiger partial charge in [-0.15, -0.1) is 5.54 Å². The average molecular weight is 350 g/mol. The molecule has 0 unspecified atom stereocenters. The van der Waals surface area contributed by atoms with Gasteiger partial charge >= 0.3 is 0 Å². The Morgan fingerprint density at radius 3 is 2.29 bits per heavy atom. The molecule has 0 saturated carbocycles. The lowest BCUT2D eigenvalue weighted by atomic mass is 10.2. The second-order valence-electron chi connectivity index (χ2n) is 6.31. The van der Waals surface area contributed by atoms with Crippen LogP contribution in [0.25, 0.3) is 0 Å². The van der Waals surface area contributed by atoms with E-state index < -0.39 is 8.07 Å². The highest BCUT2D eigenvalue weighted by molar-refractivity contribution is 7.80. The third-order valence-electron chi connectivity index (χ3n) is 3.02. The summed E-state index contributed by atoms with van der Waals surface area (Å²) in [6.07, 6.45) is 0. The van der Waals surface area contributed by atoms with Crippen molar-refractivity contribution in [3.8, 4) is 17.5 Å². The van der Waals surface area contributed by atoms with Gasteiger partial charge in [-0.25, -0.2) is 0 Å². The molecule has 0 radical (unpaired) electrons. The molecule has 2 aromatic carbocycles. The molecule has 0 heterocycles. The number of rotatable bonds is 2. The van der Waals surface area contributed by atoms with Crippen molar-refractivity contribution in [3.63, 3.8) is 0 Å². The van der Waals surface area contributed by atoms with Crippen molar-refractivity contribution in [2.45, 2.75) is 19.6 Å². The van der Waals surface area contributed by atoms with Crippen molar-refractivity contribution < 1.29 is 0 Å². The van der Waals surface area contributed by atoms with Gasteiger partial charge in [-0.1, -0.05) is 37.7 Å². The molecule has 2 aromatic rings. The van der Waals surface area contributed by atoms with Gasteiger partial charge in [0.15, 0.2) is 5.11 Å². The van der Waals surface area contributed by atoms with Gasteiger partial charge in [-0.3, -0.25) is 0 Å². The quantitative estimate of drug-likeness (QED) is 0.473. The van der Waals surface area contributed by atoms with Gasteiger partial charge in [0.1, 0.15) is 8.07 Å². The number of nitrogens with one attached hydrogen (secondary N) is 2. The second-order valence-corrected chi connectivity index (χ2v) is 11.5. The molecular formula is C19H19N3SSi. The molecule has 0 aliphatic heterocycles. The van der Waals surface area contributed by atoms with Crippen molar-refractivity contribution in [1.82, 2.24) is 0 Å². The topological polar surface area (TPSA) is 47.8 Å². The van der Waals surface area contributed by atoms with E-state index in [1.54, 1.807) is 12.1 Å². The number of benzene rings is 2. The Hall–Kier alpha value is -2.60. The summed E-state index contributed by atoms with van der Waals surface area (Å²) in [6.45, 7) is 6.65. The first-order valence-corrected chi connectivity index (χ1v) is 11.5. The molecule has 0 aliphatic carbocycles. The van der Waals surface area contributed by atoms with E-state index in [0.717, 1.165) is 16.9 Å². The maximum Gasteiger partial charge on any atom is 0.175 e. The molecule has 2 rings (SSSR count). The molecule has 2 N–H and O–H groups in total. The van der Waals surface area contributed by atoms with Gasteiger partial charge in [-0.2, -0.15) is 5.26 Å². The summed E-state index contributed by atoms with van der Waals surface area (Å²) in [4.78, 5) is 0. The molecule has 24 heavy (non-hydrogen) atoms. The average Bonchev–Trinajstić information content (AvgIpc) is 2.54. The van der Waals surface area contributed by atoms with Gasteiger partial charge in [0.2, 0.25) is 0 Å². The van der Waals surface area contributed by atoms with Crippen molar-refractivity contribution >= 4 is 36.8 Å². The monoisotopic (exact) mass is 349 g/mol. The number of thiocarbonyl (C=S) groups is 1. The van der Waals surface area contributed by atoms with Crippen molar-refractivity contribution in [2.75, 3.05) is 10.6 Å². The van der Waals surface area contributed by atoms with E-state index >= 15 is 0 Å². The fraction of sp³-hybridized carbons (Fsp3) is 0.158. The van der Waals surface area contributed by atoms with Crippen LogP contribution in [-0.2, 0) is 0 Å². The van der Waals surface area contributed by atoms with Crippen LogP contribution in [0.4, 0.5) is 11.4 Å². The Morgan fingerprint density at radius 1 is 1.00 bits per heavy atom. The molecule has 3 nitrogen and oxygen atoms in total. The minimum atomic E-state index is -1.44. The third-order valence-corrected chi connectivity index (χ3v) is 4.10. The summed E-state index contributed by atoms with van der Waals surface area (Å²) in [5.74, 6) is 3.26. The molecular weight excluding hydrogens is 330 g/mol. The summed E-state index contributed by atoms with van der Waals surface area (Å²) in [7, 11) is -1.44. The summed E-state index contributed by atoms with van der Waals surface area (Å²) < 4.78 is 0. The second kappa shape index (κ2) is 7.78. The predicted octanol–water partition coefficient (Wildman–Crippen LogP) is 4.60. The zero-order valence-electron chi connectivity index (χ0n) is 14.0. The van der Waals surface area contributed by atoms with Crippen LogP contribution in [0.15, 0.2) is 48.5 Å². The number of anilines is 2. The molecule has 0 spiro atoms.